The Morgan fingerprint density at radius 2 is 2.10 bits per heavy atom. The Morgan fingerprint density at radius 1 is 1.25 bits per heavy atom. The number of anilines is 1. The van der Waals surface area contributed by atoms with Crippen molar-refractivity contribution in [1.29, 1.82) is 0 Å². The van der Waals surface area contributed by atoms with E-state index >= 15 is 0 Å². The highest BCUT2D eigenvalue weighted by molar-refractivity contribution is 5.88. The normalized spacial score (nSPS) is 10.7. The Morgan fingerprint density at radius 3 is 2.90 bits per heavy atom. The number of nitrogens with zero attached hydrogens (tertiary/aromatic N) is 4. The number of rotatable bonds is 2. The summed E-state index contributed by atoms with van der Waals surface area (Å²) < 4.78 is 1.67. The van der Waals surface area contributed by atoms with E-state index in [1.165, 1.54) is 0 Å². The zero-order chi connectivity index (χ0) is 14.1. The van der Waals surface area contributed by atoms with Crippen LogP contribution in [0.1, 0.15) is 5.82 Å². The van der Waals surface area contributed by atoms with E-state index in [2.05, 4.69) is 20.6 Å². The van der Waals surface area contributed by atoms with E-state index in [-0.39, 0.29) is 0 Å². The quantitative estimate of drug-likeness (QED) is 0.737. The van der Waals surface area contributed by atoms with Crippen LogP contribution in [0.4, 0.5) is 10.5 Å². The van der Waals surface area contributed by atoms with Crippen LogP contribution in [0, 0.1) is 6.92 Å². The smallest absolute Gasteiger partial charge is 0.316 e. The molecule has 7 heteroatoms. The zero-order valence-corrected chi connectivity index (χ0v) is 10.7. The predicted octanol–water partition coefficient (Wildman–Crippen LogP) is 1.59. The van der Waals surface area contributed by atoms with Gasteiger partial charge >= 0.3 is 6.03 Å². The summed E-state index contributed by atoms with van der Waals surface area (Å²) in [5.41, 5.74) is 8.05. The van der Waals surface area contributed by atoms with Crippen LogP contribution in [0.15, 0.2) is 36.4 Å². The van der Waals surface area contributed by atoms with Gasteiger partial charge in [-0.15, -0.1) is 10.2 Å². The van der Waals surface area contributed by atoms with Gasteiger partial charge < -0.3 is 11.1 Å². The Kier molecular flexibility index (Phi) is 2.79. The van der Waals surface area contributed by atoms with Crippen molar-refractivity contribution in [1.82, 2.24) is 19.8 Å². The summed E-state index contributed by atoms with van der Waals surface area (Å²) in [7, 11) is 0. The molecule has 0 atom stereocenters. The number of urea groups is 1. The van der Waals surface area contributed by atoms with Gasteiger partial charge in [0.1, 0.15) is 0 Å². The van der Waals surface area contributed by atoms with E-state index in [1.807, 2.05) is 31.2 Å². The van der Waals surface area contributed by atoms with Crippen LogP contribution in [0.5, 0.6) is 0 Å². The number of aryl methyl sites for hydroxylation is 1. The van der Waals surface area contributed by atoms with Crippen LogP contribution >= 0.6 is 0 Å². The van der Waals surface area contributed by atoms with Gasteiger partial charge in [-0.25, -0.2) is 4.79 Å². The van der Waals surface area contributed by atoms with Crippen LogP contribution in [-0.2, 0) is 0 Å². The molecule has 0 radical (unpaired) electrons. The van der Waals surface area contributed by atoms with Crippen LogP contribution in [-0.4, -0.2) is 25.8 Å². The molecule has 3 N–H and O–H groups in total. The van der Waals surface area contributed by atoms with Crippen molar-refractivity contribution in [3.8, 4) is 11.3 Å². The molecule has 0 unspecified atom stereocenters. The molecule has 1 aromatic carbocycles. The molecular formula is C13H12N6O. The molecule has 2 amide bonds. The van der Waals surface area contributed by atoms with Gasteiger partial charge in [-0.05, 0) is 31.2 Å². The lowest BCUT2D eigenvalue weighted by molar-refractivity contribution is 0.259. The lowest BCUT2D eigenvalue weighted by atomic mass is 10.1. The summed E-state index contributed by atoms with van der Waals surface area (Å²) in [5.74, 6) is 0.716. The van der Waals surface area contributed by atoms with E-state index in [0.717, 1.165) is 11.3 Å². The van der Waals surface area contributed by atoms with E-state index in [4.69, 9.17) is 5.73 Å². The number of amides is 2. The molecule has 3 aromatic rings. The van der Waals surface area contributed by atoms with Crippen molar-refractivity contribution in [2.45, 2.75) is 6.92 Å². The van der Waals surface area contributed by atoms with Gasteiger partial charge in [-0.3, -0.25) is 0 Å². The second-order valence-electron chi connectivity index (χ2n) is 4.31. The summed E-state index contributed by atoms with van der Waals surface area (Å²) >= 11 is 0. The number of nitrogens with one attached hydrogen (secondary N) is 1. The van der Waals surface area contributed by atoms with Gasteiger partial charge in [0.05, 0.1) is 5.69 Å². The fourth-order valence-electron chi connectivity index (χ4n) is 1.95. The first-order valence-electron chi connectivity index (χ1n) is 5.99. The van der Waals surface area contributed by atoms with Gasteiger partial charge in [0.15, 0.2) is 11.5 Å². The van der Waals surface area contributed by atoms with Crippen molar-refractivity contribution < 1.29 is 4.79 Å². The molecule has 0 fully saturated rings. The maximum atomic E-state index is 10.9. The minimum absolute atomic E-state index is 0.597. The fraction of sp³-hybridized carbons (Fsp3) is 0.0769. The minimum Gasteiger partial charge on any atom is -0.351 e. The van der Waals surface area contributed by atoms with E-state index in [1.54, 1.807) is 16.6 Å². The van der Waals surface area contributed by atoms with E-state index < -0.39 is 6.03 Å². The van der Waals surface area contributed by atoms with Gasteiger partial charge in [-0.2, -0.15) is 9.61 Å². The van der Waals surface area contributed by atoms with Gasteiger partial charge in [-0.1, -0.05) is 12.1 Å². The number of nitrogens with two attached hydrogens (primary N) is 1. The molecule has 2 aromatic heterocycles. The van der Waals surface area contributed by atoms with Gasteiger partial charge in [0.25, 0.3) is 0 Å². The molecule has 0 aliphatic rings. The average molecular weight is 268 g/mol. The minimum atomic E-state index is -0.597. The monoisotopic (exact) mass is 268 g/mol. The molecule has 0 aliphatic heterocycles. The Bertz CT molecular complexity index is 794. The van der Waals surface area contributed by atoms with Gasteiger partial charge in [0.2, 0.25) is 0 Å². The van der Waals surface area contributed by atoms with Gasteiger partial charge in [0, 0.05) is 11.3 Å². The second kappa shape index (κ2) is 4.61. The average Bonchev–Trinajstić information content (AvgIpc) is 2.80. The SMILES string of the molecule is Cc1nnc2ccc(-c3cccc(NC(N)=O)c3)nn12. The number of aromatic nitrogens is 4. The van der Waals surface area contributed by atoms with E-state index in [9.17, 15) is 4.79 Å². The molecule has 0 saturated heterocycles. The van der Waals surface area contributed by atoms with Crippen molar-refractivity contribution >= 4 is 17.4 Å². The van der Waals surface area contributed by atoms with Crippen LogP contribution in [0.25, 0.3) is 16.9 Å². The highest BCUT2D eigenvalue weighted by Gasteiger charge is 2.06. The molecule has 0 spiro atoms. The zero-order valence-electron chi connectivity index (χ0n) is 10.7. The highest BCUT2D eigenvalue weighted by Crippen LogP contribution is 2.21. The Labute approximate surface area is 114 Å². The Balaban J connectivity index is 2.05. The number of primary amides is 1. The molecule has 100 valence electrons. The topological polar surface area (TPSA) is 98.2 Å². The van der Waals surface area contributed by atoms with Crippen LogP contribution in [0.3, 0.4) is 0 Å². The molecule has 0 saturated carbocycles. The lowest BCUT2D eigenvalue weighted by Crippen LogP contribution is -2.19. The molecule has 2 heterocycles. The van der Waals surface area contributed by atoms with E-state index in [0.29, 0.717) is 17.2 Å². The fourth-order valence-corrected chi connectivity index (χ4v) is 1.95. The standard InChI is InChI=1S/C13H12N6O/c1-8-16-17-12-6-5-11(18-19(8)12)9-3-2-4-10(7-9)15-13(14)20/h2-7H,1H3,(H3,14,15,20). The van der Waals surface area contributed by atoms with Crippen LogP contribution < -0.4 is 11.1 Å². The predicted molar refractivity (Wildman–Crippen MR) is 74.2 cm³/mol. The van der Waals surface area contributed by atoms with Crippen molar-refractivity contribution in [2.24, 2.45) is 5.73 Å². The number of hydrogen-bond donors (Lipinski definition) is 2. The third-order valence-corrected chi connectivity index (χ3v) is 2.84. The highest BCUT2D eigenvalue weighted by atomic mass is 16.2. The maximum Gasteiger partial charge on any atom is 0.316 e. The first-order valence-corrected chi connectivity index (χ1v) is 5.99. The number of hydrogen-bond acceptors (Lipinski definition) is 4. The van der Waals surface area contributed by atoms with Crippen molar-refractivity contribution in [2.75, 3.05) is 5.32 Å². The molecule has 3 rings (SSSR count). The summed E-state index contributed by atoms with van der Waals surface area (Å²) in [4.78, 5) is 10.9. The second-order valence-corrected chi connectivity index (χ2v) is 4.31. The lowest BCUT2D eigenvalue weighted by Gasteiger charge is -2.05. The Hall–Kier alpha value is -2.96. The number of fused-ring (bicyclic) bond motifs is 1. The summed E-state index contributed by atoms with van der Waals surface area (Å²) in [6, 6.07) is 10.4. The number of carbonyl (C=O) groups excluding carboxylic acids is 1. The van der Waals surface area contributed by atoms with Crippen LogP contribution in [0.2, 0.25) is 0 Å². The molecular weight excluding hydrogens is 256 g/mol. The summed E-state index contributed by atoms with van der Waals surface area (Å²) in [5, 5.41) is 15.0. The summed E-state index contributed by atoms with van der Waals surface area (Å²) in [6.45, 7) is 1.84. The number of benzene rings is 1. The molecule has 7 nitrogen and oxygen atoms in total. The van der Waals surface area contributed by atoms with Crippen molar-refractivity contribution in [3.05, 3.63) is 42.2 Å². The third-order valence-electron chi connectivity index (χ3n) is 2.84. The first-order chi connectivity index (χ1) is 9.63. The largest absolute Gasteiger partial charge is 0.351 e. The number of carbonyl (C=O) groups is 1. The first kappa shape index (κ1) is 12.1. The third kappa shape index (κ3) is 2.16. The maximum absolute atomic E-state index is 10.9. The molecule has 20 heavy (non-hydrogen) atoms. The molecule has 0 aliphatic carbocycles. The summed E-state index contributed by atoms with van der Waals surface area (Å²) in [6.07, 6.45) is 0. The van der Waals surface area contributed by atoms with Crippen molar-refractivity contribution in [3.63, 3.8) is 0 Å². The molecule has 0 bridgehead atoms.